The van der Waals surface area contributed by atoms with Crippen molar-refractivity contribution in [2.24, 2.45) is 0 Å². The number of hydrogen-bond acceptors (Lipinski definition) is 3. The van der Waals surface area contributed by atoms with Crippen molar-refractivity contribution in [1.82, 2.24) is 9.13 Å². The van der Waals surface area contributed by atoms with E-state index in [-0.39, 0.29) is 18.9 Å². The Hall–Kier alpha value is -4.42. The molecule has 0 aliphatic rings. The van der Waals surface area contributed by atoms with Crippen LogP contribution in [-0.4, -0.2) is 15.0 Å². The van der Waals surface area contributed by atoms with Crippen LogP contribution in [0.2, 0.25) is 5.02 Å². The molecule has 0 spiro atoms. The predicted molar refractivity (Wildman–Crippen MR) is 143 cm³/mol. The van der Waals surface area contributed by atoms with Crippen LogP contribution < -0.4 is 16.6 Å². The Bertz CT molecular complexity index is 1670. The SMILES string of the molecule is O=C(Cc1ccc(-n2c(=O)c3ccccc3n(Cc3ccccc3Cl)c2=O)cc1)Nc1ccccc1. The minimum atomic E-state index is -0.465. The van der Waals surface area contributed by atoms with E-state index in [1.807, 2.05) is 48.5 Å². The van der Waals surface area contributed by atoms with Crippen molar-refractivity contribution >= 4 is 34.1 Å². The number of fused-ring (bicyclic) bond motifs is 1. The summed E-state index contributed by atoms with van der Waals surface area (Å²) in [5, 5.41) is 3.82. The van der Waals surface area contributed by atoms with Crippen molar-refractivity contribution < 1.29 is 4.79 Å². The second-order valence-corrected chi connectivity index (χ2v) is 8.78. The summed E-state index contributed by atoms with van der Waals surface area (Å²) in [6, 6.07) is 30.4. The Morgan fingerprint density at radius 2 is 1.44 bits per heavy atom. The molecule has 36 heavy (non-hydrogen) atoms. The first-order valence-electron chi connectivity index (χ1n) is 11.4. The monoisotopic (exact) mass is 495 g/mol. The first-order valence-corrected chi connectivity index (χ1v) is 11.8. The number of carbonyl (C=O) groups excluding carboxylic acids is 1. The molecule has 6 nitrogen and oxygen atoms in total. The lowest BCUT2D eigenvalue weighted by atomic mass is 10.1. The second-order valence-electron chi connectivity index (χ2n) is 8.38. The normalized spacial score (nSPS) is 10.9. The van der Waals surface area contributed by atoms with Crippen LogP contribution in [-0.2, 0) is 17.8 Å². The first kappa shape index (κ1) is 23.3. The largest absolute Gasteiger partial charge is 0.336 e. The summed E-state index contributed by atoms with van der Waals surface area (Å²) < 4.78 is 2.71. The summed E-state index contributed by atoms with van der Waals surface area (Å²) in [6.45, 7) is 0.219. The molecule has 7 heteroatoms. The summed E-state index contributed by atoms with van der Waals surface area (Å²) in [7, 11) is 0. The predicted octanol–water partition coefficient (Wildman–Crippen LogP) is 5.04. The molecule has 1 heterocycles. The second kappa shape index (κ2) is 10.1. The Morgan fingerprint density at radius 1 is 0.778 bits per heavy atom. The van der Waals surface area contributed by atoms with E-state index in [1.54, 1.807) is 59.2 Å². The molecule has 1 amide bonds. The van der Waals surface area contributed by atoms with Gasteiger partial charge in [-0.2, -0.15) is 0 Å². The van der Waals surface area contributed by atoms with Crippen LogP contribution in [0.5, 0.6) is 0 Å². The summed E-state index contributed by atoms with van der Waals surface area (Å²) in [5.41, 5.74) is 2.36. The van der Waals surface area contributed by atoms with E-state index in [1.165, 1.54) is 0 Å². The van der Waals surface area contributed by atoms with Gasteiger partial charge >= 0.3 is 5.69 Å². The van der Waals surface area contributed by atoms with Gasteiger partial charge in [0.05, 0.1) is 29.6 Å². The summed E-state index contributed by atoms with van der Waals surface area (Å²) in [4.78, 5) is 39.4. The highest BCUT2D eigenvalue weighted by Gasteiger charge is 2.16. The van der Waals surface area contributed by atoms with Crippen LogP contribution >= 0.6 is 11.6 Å². The van der Waals surface area contributed by atoms with Gasteiger partial charge in [0.1, 0.15) is 0 Å². The minimum Gasteiger partial charge on any atom is -0.326 e. The Labute approximate surface area is 212 Å². The van der Waals surface area contributed by atoms with Crippen molar-refractivity contribution in [3.63, 3.8) is 0 Å². The minimum absolute atomic E-state index is 0.154. The topological polar surface area (TPSA) is 73.1 Å². The van der Waals surface area contributed by atoms with Crippen LogP contribution in [0.15, 0.2) is 113 Å². The molecule has 0 aliphatic carbocycles. The zero-order chi connectivity index (χ0) is 25.1. The van der Waals surface area contributed by atoms with Crippen molar-refractivity contribution in [1.29, 1.82) is 0 Å². The molecule has 0 atom stereocenters. The number of rotatable bonds is 6. The van der Waals surface area contributed by atoms with E-state index < -0.39 is 11.2 Å². The highest BCUT2D eigenvalue weighted by atomic mass is 35.5. The molecule has 0 aliphatic heterocycles. The van der Waals surface area contributed by atoms with Crippen LogP contribution in [0.25, 0.3) is 16.6 Å². The molecular weight excluding hydrogens is 474 g/mol. The number of para-hydroxylation sites is 2. The van der Waals surface area contributed by atoms with Gasteiger partial charge in [-0.25, -0.2) is 9.36 Å². The maximum Gasteiger partial charge on any atom is 0.336 e. The third-order valence-corrected chi connectivity index (χ3v) is 6.32. The molecule has 5 rings (SSSR count). The van der Waals surface area contributed by atoms with E-state index in [0.717, 1.165) is 21.4 Å². The summed E-state index contributed by atoms with van der Waals surface area (Å²) in [5.74, 6) is -0.154. The Morgan fingerprint density at radius 3 is 2.19 bits per heavy atom. The molecule has 1 N–H and O–H groups in total. The first-order chi connectivity index (χ1) is 17.5. The quantitative estimate of drug-likeness (QED) is 0.359. The molecule has 0 fully saturated rings. The Kier molecular flexibility index (Phi) is 6.52. The summed E-state index contributed by atoms with van der Waals surface area (Å²) in [6.07, 6.45) is 0.165. The lowest BCUT2D eigenvalue weighted by Crippen LogP contribution is -2.39. The van der Waals surface area contributed by atoms with Gasteiger partial charge in [-0.05, 0) is 53.6 Å². The number of amides is 1. The number of anilines is 1. The fraction of sp³-hybridized carbons (Fsp3) is 0.0690. The molecule has 0 radical (unpaired) electrons. The standard InChI is InChI=1S/C29H22ClN3O3/c30-25-12-6-4-8-21(25)19-32-26-13-7-5-11-24(26)28(35)33(29(32)36)23-16-14-20(15-17-23)18-27(34)31-22-9-2-1-3-10-22/h1-17H,18-19H2,(H,31,34). The average molecular weight is 496 g/mol. The number of halogens is 1. The van der Waals surface area contributed by atoms with E-state index in [0.29, 0.717) is 21.6 Å². The highest BCUT2D eigenvalue weighted by Crippen LogP contribution is 2.18. The zero-order valence-corrected chi connectivity index (χ0v) is 20.0. The molecular formula is C29H22ClN3O3. The molecule has 5 aromatic rings. The number of nitrogens with one attached hydrogen (secondary N) is 1. The van der Waals surface area contributed by atoms with Gasteiger partial charge in [0.2, 0.25) is 5.91 Å². The van der Waals surface area contributed by atoms with Gasteiger partial charge in [-0.15, -0.1) is 0 Å². The third kappa shape index (κ3) is 4.72. The molecule has 1 aromatic heterocycles. The fourth-order valence-electron chi connectivity index (χ4n) is 4.17. The Balaban J connectivity index is 1.50. The van der Waals surface area contributed by atoms with Crippen molar-refractivity contribution in [2.75, 3.05) is 5.32 Å². The molecule has 0 unspecified atom stereocenters. The van der Waals surface area contributed by atoms with Gasteiger partial charge in [0.25, 0.3) is 5.56 Å². The maximum absolute atomic E-state index is 13.6. The van der Waals surface area contributed by atoms with Crippen LogP contribution in [0.1, 0.15) is 11.1 Å². The number of aromatic nitrogens is 2. The highest BCUT2D eigenvalue weighted by molar-refractivity contribution is 6.31. The van der Waals surface area contributed by atoms with Crippen molar-refractivity contribution in [3.05, 3.63) is 140 Å². The van der Waals surface area contributed by atoms with Crippen LogP contribution in [0.4, 0.5) is 5.69 Å². The van der Waals surface area contributed by atoms with Crippen LogP contribution in [0.3, 0.4) is 0 Å². The smallest absolute Gasteiger partial charge is 0.326 e. The van der Waals surface area contributed by atoms with E-state index >= 15 is 0 Å². The number of hydrogen-bond donors (Lipinski definition) is 1. The van der Waals surface area contributed by atoms with Gasteiger partial charge < -0.3 is 5.32 Å². The molecule has 0 saturated carbocycles. The number of carbonyl (C=O) groups is 1. The molecule has 4 aromatic carbocycles. The third-order valence-electron chi connectivity index (χ3n) is 5.95. The number of nitrogens with zero attached hydrogens (tertiary/aromatic N) is 2. The van der Waals surface area contributed by atoms with E-state index in [2.05, 4.69) is 5.32 Å². The van der Waals surface area contributed by atoms with Gasteiger partial charge in [-0.3, -0.25) is 14.2 Å². The van der Waals surface area contributed by atoms with Gasteiger partial charge in [0, 0.05) is 10.7 Å². The lowest BCUT2D eigenvalue weighted by molar-refractivity contribution is -0.115. The molecule has 0 saturated heterocycles. The van der Waals surface area contributed by atoms with E-state index in [4.69, 9.17) is 11.6 Å². The average Bonchev–Trinajstić information content (AvgIpc) is 2.89. The van der Waals surface area contributed by atoms with Crippen LogP contribution in [0, 0.1) is 0 Å². The van der Waals surface area contributed by atoms with Crippen molar-refractivity contribution in [3.8, 4) is 5.69 Å². The zero-order valence-electron chi connectivity index (χ0n) is 19.2. The van der Waals surface area contributed by atoms with Gasteiger partial charge in [0.15, 0.2) is 0 Å². The van der Waals surface area contributed by atoms with E-state index in [9.17, 15) is 14.4 Å². The molecule has 0 bridgehead atoms. The fourth-order valence-corrected chi connectivity index (χ4v) is 4.37. The van der Waals surface area contributed by atoms with Crippen molar-refractivity contribution in [2.45, 2.75) is 13.0 Å². The summed E-state index contributed by atoms with van der Waals surface area (Å²) >= 11 is 6.36. The number of benzene rings is 4. The lowest BCUT2D eigenvalue weighted by Gasteiger charge is -2.15. The van der Waals surface area contributed by atoms with Gasteiger partial charge in [-0.1, -0.05) is 72.3 Å². The maximum atomic E-state index is 13.6. The molecule has 178 valence electrons.